The summed E-state index contributed by atoms with van der Waals surface area (Å²) in [5.74, 6) is 0.942. The first kappa shape index (κ1) is 27.4. The van der Waals surface area contributed by atoms with Crippen LogP contribution in [-0.2, 0) is 17.8 Å². The summed E-state index contributed by atoms with van der Waals surface area (Å²) >= 11 is 0. The minimum atomic E-state index is -0.00672. The van der Waals surface area contributed by atoms with Gasteiger partial charge in [-0.05, 0) is 64.3 Å². The highest BCUT2D eigenvalue weighted by Gasteiger charge is 2.33. The molecule has 11 nitrogen and oxygen atoms in total. The zero-order valence-electron chi connectivity index (χ0n) is 24.8. The fraction of sp³-hybridized carbons (Fsp3) is 0.613. The fourth-order valence-corrected chi connectivity index (χ4v) is 7.11. The van der Waals surface area contributed by atoms with Gasteiger partial charge in [0, 0.05) is 55.8 Å². The van der Waals surface area contributed by atoms with E-state index in [9.17, 15) is 5.26 Å². The number of hydrogen-bond donors (Lipinski definition) is 1. The summed E-state index contributed by atoms with van der Waals surface area (Å²) in [6.45, 7) is 8.46. The van der Waals surface area contributed by atoms with Gasteiger partial charge in [0.2, 0.25) is 0 Å². The zero-order valence-corrected chi connectivity index (χ0v) is 24.8. The van der Waals surface area contributed by atoms with E-state index in [2.05, 4.69) is 56.9 Å². The number of piperazine rings is 1. The lowest BCUT2D eigenvalue weighted by molar-refractivity contribution is -0.0366. The normalized spacial score (nSPS) is 24.7. The van der Waals surface area contributed by atoms with Crippen LogP contribution in [0.5, 0.6) is 6.01 Å². The number of benzene rings is 1. The van der Waals surface area contributed by atoms with Gasteiger partial charge in [-0.2, -0.15) is 20.3 Å². The molecule has 4 aliphatic rings. The summed E-state index contributed by atoms with van der Waals surface area (Å²) in [6, 6.07) is 7.67. The third-order valence-electron chi connectivity index (χ3n) is 9.41. The molecule has 0 amide bonds. The summed E-state index contributed by atoms with van der Waals surface area (Å²) in [4.78, 5) is 17.1. The largest absolute Gasteiger partial charge is 0.462 e. The van der Waals surface area contributed by atoms with Crippen molar-refractivity contribution in [1.82, 2.24) is 30.0 Å². The van der Waals surface area contributed by atoms with Crippen molar-refractivity contribution in [3.8, 4) is 12.1 Å². The Morgan fingerprint density at radius 3 is 2.86 bits per heavy atom. The Labute approximate surface area is 247 Å². The second kappa shape index (κ2) is 11.7. The van der Waals surface area contributed by atoms with Crippen molar-refractivity contribution in [2.24, 2.45) is 0 Å². The van der Waals surface area contributed by atoms with Gasteiger partial charge in [-0.3, -0.25) is 0 Å². The number of ether oxygens (including phenoxy) is 2. The molecular weight excluding hydrogens is 530 g/mol. The summed E-state index contributed by atoms with van der Waals surface area (Å²) < 4.78 is 14.4. The maximum absolute atomic E-state index is 9.35. The highest BCUT2D eigenvalue weighted by atomic mass is 16.5. The maximum atomic E-state index is 9.35. The lowest BCUT2D eigenvalue weighted by Crippen LogP contribution is -2.51. The molecule has 3 fully saturated rings. The number of aromatic nitrogens is 4. The van der Waals surface area contributed by atoms with Crippen LogP contribution in [0.25, 0.3) is 10.9 Å². The van der Waals surface area contributed by atoms with Gasteiger partial charge in [0.05, 0.1) is 42.1 Å². The molecular formula is C31H41N9O2. The van der Waals surface area contributed by atoms with Crippen LogP contribution >= 0.6 is 0 Å². The molecule has 222 valence electrons. The Bertz CT molecular complexity index is 1480. The highest BCUT2D eigenvalue weighted by Crippen LogP contribution is 2.40. The average molecular weight is 572 g/mol. The molecule has 0 saturated carbocycles. The molecule has 2 aromatic heterocycles. The van der Waals surface area contributed by atoms with Gasteiger partial charge in [-0.25, -0.2) is 4.68 Å². The Hall–Kier alpha value is -3.46. The Kier molecular flexibility index (Phi) is 7.61. The standard InChI is InChI=1S/C31H41N9O2/c1-21-8-9-27-24(16-34-40(27)28-7-3-4-15-41-28)29(21)39-18-25-26(19-39)35-31(42-20-23-6-5-13-37(23)2)36-30(25)38-14-12-33-22(17-38)10-11-32/h8-9,16,22-23,28,33H,3-7,10,12-15,17-20H2,1-2H3/t22-,23-,28?/m0/s1. The monoisotopic (exact) mass is 571 g/mol. The first-order valence-electron chi connectivity index (χ1n) is 15.5. The molecule has 0 radical (unpaired) electrons. The van der Waals surface area contributed by atoms with Crippen molar-refractivity contribution >= 4 is 22.4 Å². The number of aryl methyl sites for hydroxylation is 1. The second-order valence-electron chi connectivity index (χ2n) is 12.2. The smallest absolute Gasteiger partial charge is 0.318 e. The van der Waals surface area contributed by atoms with Crippen molar-refractivity contribution in [1.29, 1.82) is 5.26 Å². The Morgan fingerprint density at radius 2 is 2.05 bits per heavy atom. The number of likely N-dealkylation sites (tertiary alicyclic amines) is 1. The van der Waals surface area contributed by atoms with Crippen LogP contribution in [-0.4, -0.2) is 83.2 Å². The molecule has 3 aromatic rings. The van der Waals surface area contributed by atoms with Crippen molar-refractivity contribution in [2.45, 2.75) is 76.8 Å². The summed E-state index contributed by atoms with van der Waals surface area (Å²) in [7, 11) is 2.16. The van der Waals surface area contributed by atoms with Gasteiger partial charge in [0.1, 0.15) is 12.4 Å². The van der Waals surface area contributed by atoms with E-state index in [1.807, 2.05) is 6.20 Å². The van der Waals surface area contributed by atoms with Crippen LogP contribution in [0.3, 0.4) is 0 Å². The number of hydrogen-bond acceptors (Lipinski definition) is 10. The third kappa shape index (κ3) is 5.16. The van der Waals surface area contributed by atoms with E-state index >= 15 is 0 Å². The van der Waals surface area contributed by atoms with E-state index in [1.165, 1.54) is 17.7 Å². The average Bonchev–Trinajstić information content (AvgIpc) is 3.74. The second-order valence-corrected chi connectivity index (χ2v) is 12.2. The minimum absolute atomic E-state index is 0.00672. The van der Waals surface area contributed by atoms with Gasteiger partial charge in [-0.1, -0.05) is 6.07 Å². The van der Waals surface area contributed by atoms with Gasteiger partial charge in [0.25, 0.3) is 0 Å². The summed E-state index contributed by atoms with van der Waals surface area (Å²) in [6.07, 6.45) is 8.07. The molecule has 4 aliphatic heterocycles. The molecule has 3 saturated heterocycles. The van der Waals surface area contributed by atoms with Gasteiger partial charge in [-0.15, -0.1) is 0 Å². The number of likely N-dealkylation sites (N-methyl/N-ethyl adjacent to an activating group) is 1. The summed E-state index contributed by atoms with van der Waals surface area (Å²) in [5, 5.41) is 18.8. The first-order valence-corrected chi connectivity index (χ1v) is 15.5. The van der Waals surface area contributed by atoms with Crippen LogP contribution in [0.4, 0.5) is 11.5 Å². The number of rotatable bonds is 7. The van der Waals surface area contributed by atoms with Crippen molar-refractivity contribution in [3.05, 3.63) is 35.2 Å². The number of nitriles is 1. The van der Waals surface area contributed by atoms with Crippen molar-refractivity contribution < 1.29 is 9.47 Å². The molecule has 1 N–H and O–H groups in total. The highest BCUT2D eigenvalue weighted by molar-refractivity contribution is 5.94. The molecule has 7 rings (SSSR count). The van der Waals surface area contributed by atoms with E-state index in [4.69, 9.17) is 24.5 Å². The molecule has 0 aliphatic carbocycles. The lowest BCUT2D eigenvalue weighted by Gasteiger charge is -2.34. The van der Waals surface area contributed by atoms with Crippen LogP contribution in [0.1, 0.15) is 61.6 Å². The third-order valence-corrected chi connectivity index (χ3v) is 9.41. The van der Waals surface area contributed by atoms with Crippen LogP contribution in [0.2, 0.25) is 0 Å². The van der Waals surface area contributed by atoms with Crippen LogP contribution in [0.15, 0.2) is 18.3 Å². The number of fused-ring (bicyclic) bond motifs is 2. The molecule has 6 heterocycles. The van der Waals surface area contributed by atoms with Gasteiger partial charge in [0.15, 0.2) is 6.23 Å². The maximum Gasteiger partial charge on any atom is 0.318 e. The topological polar surface area (TPSA) is 108 Å². The Morgan fingerprint density at radius 1 is 1.12 bits per heavy atom. The fourth-order valence-electron chi connectivity index (χ4n) is 7.11. The molecule has 0 bridgehead atoms. The van der Waals surface area contributed by atoms with E-state index in [0.717, 1.165) is 86.4 Å². The molecule has 1 aromatic carbocycles. The van der Waals surface area contributed by atoms with E-state index in [-0.39, 0.29) is 12.3 Å². The van der Waals surface area contributed by atoms with E-state index in [1.54, 1.807) is 0 Å². The number of anilines is 2. The number of nitrogens with one attached hydrogen (secondary N) is 1. The van der Waals surface area contributed by atoms with Crippen LogP contribution < -0.4 is 19.9 Å². The van der Waals surface area contributed by atoms with E-state index in [0.29, 0.717) is 38.2 Å². The van der Waals surface area contributed by atoms with Gasteiger partial charge >= 0.3 is 6.01 Å². The zero-order chi connectivity index (χ0) is 28.6. The SMILES string of the molecule is Cc1ccc2c(cnn2C2CCCCO2)c1N1Cc2nc(OC[C@@H]3CCCN3C)nc(N3CCN[C@@H](CC#N)C3)c2C1. The first-order chi connectivity index (χ1) is 20.6. The Balaban J connectivity index is 1.21. The van der Waals surface area contributed by atoms with Crippen molar-refractivity contribution in [2.75, 3.05) is 56.2 Å². The molecule has 3 atom stereocenters. The van der Waals surface area contributed by atoms with Crippen LogP contribution in [0, 0.1) is 18.3 Å². The van der Waals surface area contributed by atoms with E-state index < -0.39 is 0 Å². The van der Waals surface area contributed by atoms with Crippen molar-refractivity contribution in [3.63, 3.8) is 0 Å². The summed E-state index contributed by atoms with van der Waals surface area (Å²) in [5.41, 5.74) is 5.68. The van der Waals surface area contributed by atoms with Gasteiger partial charge < -0.3 is 29.5 Å². The predicted molar refractivity (Wildman–Crippen MR) is 161 cm³/mol. The quantitative estimate of drug-likeness (QED) is 0.453. The predicted octanol–water partition coefficient (Wildman–Crippen LogP) is 3.52. The molecule has 42 heavy (non-hydrogen) atoms. The lowest BCUT2D eigenvalue weighted by atomic mass is 10.1. The molecule has 11 heteroatoms. The molecule has 1 unspecified atom stereocenters. The number of nitrogens with zero attached hydrogens (tertiary/aromatic N) is 8. The minimum Gasteiger partial charge on any atom is -0.462 e. The molecule has 0 spiro atoms.